The second-order valence-corrected chi connectivity index (χ2v) is 5.92. The van der Waals surface area contributed by atoms with Crippen LogP contribution < -0.4 is 10.3 Å². The third-order valence-corrected chi connectivity index (χ3v) is 4.05. The van der Waals surface area contributed by atoms with E-state index in [0.29, 0.717) is 17.6 Å². The van der Waals surface area contributed by atoms with Crippen molar-refractivity contribution in [3.63, 3.8) is 0 Å². The molecule has 110 valence electrons. The lowest BCUT2D eigenvalue weighted by Gasteiger charge is -2.38. The summed E-state index contributed by atoms with van der Waals surface area (Å²) < 4.78 is 0. The molecule has 4 nitrogen and oxygen atoms in total. The number of nitrogens with one attached hydrogen (secondary N) is 1. The Morgan fingerprint density at radius 3 is 2.50 bits per heavy atom. The van der Waals surface area contributed by atoms with E-state index in [0.717, 1.165) is 18.5 Å². The Hall–Kier alpha value is -1.55. The van der Waals surface area contributed by atoms with E-state index in [9.17, 15) is 4.79 Å². The Labute approximate surface area is 121 Å². The van der Waals surface area contributed by atoms with Crippen molar-refractivity contribution in [1.29, 1.82) is 0 Å². The number of rotatable bonds is 3. The zero-order chi connectivity index (χ0) is 14.7. The molecule has 1 aromatic carbocycles. The highest BCUT2D eigenvalue weighted by Gasteiger charge is 2.26. The summed E-state index contributed by atoms with van der Waals surface area (Å²) in [5.74, 6) is -0.0192. The number of nitrogens with zero attached hydrogens (tertiary/aromatic N) is 2. The standard InChI is InChI=1S/C16H25N3O/c1-12-7-5-8-13(2)19(12)17-16(20)14-9-6-10-15(11-14)18(3)4/h6,9-13H,5,7-8H2,1-4H3,(H,17,20). The number of anilines is 1. The van der Waals surface area contributed by atoms with Crippen molar-refractivity contribution in [1.82, 2.24) is 10.4 Å². The smallest absolute Gasteiger partial charge is 0.265 e. The fourth-order valence-corrected chi connectivity index (χ4v) is 2.75. The van der Waals surface area contributed by atoms with Crippen LogP contribution in [0.5, 0.6) is 0 Å². The highest BCUT2D eigenvalue weighted by atomic mass is 16.2. The van der Waals surface area contributed by atoms with Gasteiger partial charge in [-0.1, -0.05) is 12.5 Å². The maximum absolute atomic E-state index is 12.4. The molecule has 20 heavy (non-hydrogen) atoms. The number of hydrogen-bond acceptors (Lipinski definition) is 3. The van der Waals surface area contributed by atoms with Crippen LogP contribution in [0.4, 0.5) is 5.69 Å². The van der Waals surface area contributed by atoms with Gasteiger partial charge < -0.3 is 4.90 Å². The van der Waals surface area contributed by atoms with E-state index in [1.807, 2.05) is 43.3 Å². The first-order valence-electron chi connectivity index (χ1n) is 7.35. The third-order valence-electron chi connectivity index (χ3n) is 4.05. The first-order valence-corrected chi connectivity index (χ1v) is 7.35. The zero-order valence-electron chi connectivity index (χ0n) is 12.9. The molecule has 0 aliphatic carbocycles. The molecule has 1 N–H and O–H groups in total. The van der Waals surface area contributed by atoms with Crippen LogP contribution in [0.15, 0.2) is 24.3 Å². The van der Waals surface area contributed by atoms with E-state index < -0.39 is 0 Å². The maximum Gasteiger partial charge on any atom is 0.265 e. The maximum atomic E-state index is 12.4. The first-order chi connectivity index (χ1) is 9.49. The summed E-state index contributed by atoms with van der Waals surface area (Å²) in [4.78, 5) is 14.4. The summed E-state index contributed by atoms with van der Waals surface area (Å²) in [6.07, 6.45) is 3.52. The van der Waals surface area contributed by atoms with Gasteiger partial charge in [-0.2, -0.15) is 0 Å². The van der Waals surface area contributed by atoms with E-state index in [4.69, 9.17) is 0 Å². The summed E-state index contributed by atoms with van der Waals surface area (Å²) >= 11 is 0. The average molecular weight is 275 g/mol. The average Bonchev–Trinajstić information content (AvgIpc) is 2.43. The van der Waals surface area contributed by atoms with Crippen LogP contribution in [0.25, 0.3) is 0 Å². The molecule has 0 spiro atoms. The fraction of sp³-hybridized carbons (Fsp3) is 0.562. The molecular weight excluding hydrogens is 250 g/mol. The van der Waals surface area contributed by atoms with Gasteiger partial charge in [0.15, 0.2) is 0 Å². The van der Waals surface area contributed by atoms with Crippen molar-refractivity contribution in [2.24, 2.45) is 0 Å². The topological polar surface area (TPSA) is 35.6 Å². The number of piperidine rings is 1. The van der Waals surface area contributed by atoms with Gasteiger partial charge in [0, 0.05) is 37.4 Å². The quantitative estimate of drug-likeness (QED) is 0.921. The van der Waals surface area contributed by atoms with Gasteiger partial charge in [0.2, 0.25) is 0 Å². The molecule has 0 bridgehead atoms. The Morgan fingerprint density at radius 1 is 1.25 bits per heavy atom. The van der Waals surface area contributed by atoms with Crippen molar-refractivity contribution in [2.75, 3.05) is 19.0 Å². The second kappa shape index (κ2) is 6.27. The number of carbonyl (C=O) groups is 1. The third kappa shape index (κ3) is 3.31. The molecular formula is C16H25N3O. The Morgan fingerprint density at radius 2 is 1.90 bits per heavy atom. The van der Waals surface area contributed by atoms with Gasteiger partial charge in [0.1, 0.15) is 0 Å². The highest BCUT2D eigenvalue weighted by molar-refractivity contribution is 5.94. The van der Waals surface area contributed by atoms with Crippen LogP contribution in [-0.4, -0.2) is 37.1 Å². The lowest BCUT2D eigenvalue weighted by Crippen LogP contribution is -2.54. The van der Waals surface area contributed by atoms with Crippen molar-refractivity contribution < 1.29 is 4.79 Å². The monoisotopic (exact) mass is 275 g/mol. The number of carbonyl (C=O) groups excluding carboxylic acids is 1. The Kier molecular flexibility index (Phi) is 4.65. The van der Waals surface area contributed by atoms with Gasteiger partial charge >= 0.3 is 0 Å². The molecule has 0 radical (unpaired) electrons. The fourth-order valence-electron chi connectivity index (χ4n) is 2.75. The molecule has 2 rings (SSSR count). The van der Waals surface area contributed by atoms with E-state index >= 15 is 0 Å². The molecule has 1 aliphatic heterocycles. The predicted molar refractivity (Wildman–Crippen MR) is 82.8 cm³/mol. The van der Waals surface area contributed by atoms with Crippen molar-refractivity contribution in [2.45, 2.75) is 45.2 Å². The molecule has 1 aromatic rings. The van der Waals surface area contributed by atoms with E-state index in [2.05, 4.69) is 24.3 Å². The van der Waals surface area contributed by atoms with Crippen molar-refractivity contribution in [3.05, 3.63) is 29.8 Å². The molecule has 1 fully saturated rings. The summed E-state index contributed by atoms with van der Waals surface area (Å²) in [7, 11) is 3.96. The lowest BCUT2D eigenvalue weighted by atomic mass is 10.00. The molecule has 0 aromatic heterocycles. The molecule has 1 heterocycles. The molecule has 2 atom stereocenters. The van der Waals surface area contributed by atoms with Gasteiger partial charge in [-0.3, -0.25) is 10.2 Å². The van der Waals surface area contributed by atoms with Crippen LogP contribution in [-0.2, 0) is 0 Å². The second-order valence-electron chi connectivity index (χ2n) is 5.92. The normalized spacial score (nSPS) is 23.4. The number of hydrazine groups is 1. The first kappa shape index (κ1) is 14.9. The predicted octanol–water partition coefficient (Wildman–Crippen LogP) is 2.66. The van der Waals surface area contributed by atoms with Gasteiger partial charge in [0.05, 0.1) is 0 Å². The van der Waals surface area contributed by atoms with Gasteiger partial charge in [-0.25, -0.2) is 5.01 Å². The van der Waals surface area contributed by atoms with Crippen LogP contribution in [0.2, 0.25) is 0 Å². The SMILES string of the molecule is CC1CCCC(C)N1NC(=O)c1cccc(N(C)C)c1. The van der Waals surface area contributed by atoms with Gasteiger partial charge in [-0.05, 0) is 44.9 Å². The van der Waals surface area contributed by atoms with Crippen LogP contribution in [0.1, 0.15) is 43.5 Å². The van der Waals surface area contributed by atoms with Gasteiger partial charge in [-0.15, -0.1) is 0 Å². The molecule has 1 aliphatic rings. The number of hydrogen-bond donors (Lipinski definition) is 1. The zero-order valence-corrected chi connectivity index (χ0v) is 12.9. The molecule has 1 amide bonds. The minimum absolute atomic E-state index is 0.0192. The van der Waals surface area contributed by atoms with Crippen LogP contribution in [0.3, 0.4) is 0 Å². The van der Waals surface area contributed by atoms with E-state index in [-0.39, 0.29) is 5.91 Å². The van der Waals surface area contributed by atoms with E-state index in [1.54, 1.807) is 0 Å². The minimum Gasteiger partial charge on any atom is -0.378 e. The largest absolute Gasteiger partial charge is 0.378 e. The van der Waals surface area contributed by atoms with Crippen molar-refractivity contribution in [3.8, 4) is 0 Å². The number of amides is 1. The summed E-state index contributed by atoms with van der Waals surface area (Å²) in [5.41, 5.74) is 4.83. The molecule has 1 saturated heterocycles. The lowest BCUT2D eigenvalue weighted by molar-refractivity contribution is 0.0370. The van der Waals surface area contributed by atoms with Gasteiger partial charge in [0.25, 0.3) is 5.91 Å². The highest BCUT2D eigenvalue weighted by Crippen LogP contribution is 2.21. The van der Waals surface area contributed by atoms with E-state index in [1.165, 1.54) is 6.42 Å². The summed E-state index contributed by atoms with van der Waals surface area (Å²) in [6, 6.07) is 8.52. The summed E-state index contributed by atoms with van der Waals surface area (Å²) in [5, 5.41) is 2.11. The minimum atomic E-state index is -0.0192. The molecule has 2 unspecified atom stereocenters. The Balaban J connectivity index is 2.09. The summed E-state index contributed by atoms with van der Waals surface area (Å²) in [6.45, 7) is 4.35. The van der Waals surface area contributed by atoms with Crippen molar-refractivity contribution >= 4 is 11.6 Å². The molecule has 0 saturated carbocycles. The molecule has 4 heteroatoms. The Bertz CT molecular complexity index is 463. The number of benzene rings is 1. The van der Waals surface area contributed by atoms with Crippen LogP contribution >= 0.6 is 0 Å². The van der Waals surface area contributed by atoms with Crippen LogP contribution in [0, 0.1) is 0 Å².